The van der Waals surface area contributed by atoms with Crippen LogP contribution >= 0.6 is 22.9 Å². The Morgan fingerprint density at radius 3 is 2.65 bits per heavy atom. The van der Waals surface area contributed by atoms with Crippen LogP contribution in [0.25, 0.3) is 0 Å². The third kappa shape index (κ3) is 4.23. The van der Waals surface area contributed by atoms with Crippen LogP contribution in [0.15, 0.2) is 35.7 Å². The van der Waals surface area contributed by atoms with E-state index in [1.807, 2.05) is 17.5 Å². The molecule has 2 amide bonds. The van der Waals surface area contributed by atoms with E-state index < -0.39 is 17.6 Å². The number of rotatable bonds is 4. The van der Waals surface area contributed by atoms with Gasteiger partial charge in [-0.15, -0.1) is 11.3 Å². The Morgan fingerprint density at radius 2 is 2.00 bits per heavy atom. The molecule has 1 fully saturated rings. The number of nitrogens with one attached hydrogen (secondary N) is 2. The fourth-order valence-corrected chi connectivity index (χ4v) is 4.11. The van der Waals surface area contributed by atoms with E-state index in [2.05, 4.69) is 10.6 Å². The number of carbonyl (C=O) groups excluding carboxylic acids is 2. The van der Waals surface area contributed by atoms with E-state index in [9.17, 15) is 14.0 Å². The maximum atomic E-state index is 13.2. The molecular weight excluding hydrogens is 379 g/mol. The smallest absolute Gasteiger partial charge is 0.313 e. The van der Waals surface area contributed by atoms with Gasteiger partial charge in [-0.25, -0.2) is 4.39 Å². The van der Waals surface area contributed by atoms with Crippen LogP contribution in [-0.2, 0) is 19.7 Å². The second kappa shape index (κ2) is 8.16. The van der Waals surface area contributed by atoms with Crippen molar-refractivity contribution in [2.75, 3.05) is 25.1 Å². The summed E-state index contributed by atoms with van der Waals surface area (Å²) in [6.45, 7) is 1.59. The molecule has 2 N–H and O–H groups in total. The Morgan fingerprint density at radius 1 is 1.23 bits per heavy atom. The standard InChI is InChI=1S/C18H18ClFN2O3S/c19-13-10-12(3-4-14(13)20)22-17(24)16(23)21-11-18(5-7-25-8-6-18)15-2-1-9-26-15/h1-4,9-10H,5-8,11H2,(H,21,23)(H,22,24). The summed E-state index contributed by atoms with van der Waals surface area (Å²) in [5, 5.41) is 7.02. The summed E-state index contributed by atoms with van der Waals surface area (Å²) in [6, 6.07) is 7.75. The summed E-state index contributed by atoms with van der Waals surface area (Å²) in [7, 11) is 0. The van der Waals surface area contributed by atoms with E-state index in [0.717, 1.165) is 18.9 Å². The molecule has 5 nitrogen and oxygen atoms in total. The van der Waals surface area contributed by atoms with E-state index in [1.54, 1.807) is 11.3 Å². The highest BCUT2D eigenvalue weighted by Gasteiger charge is 2.36. The molecule has 8 heteroatoms. The zero-order valence-electron chi connectivity index (χ0n) is 13.9. The molecule has 26 heavy (non-hydrogen) atoms. The topological polar surface area (TPSA) is 67.4 Å². The predicted octanol–water partition coefficient (Wildman–Crippen LogP) is 3.34. The molecule has 0 spiro atoms. The number of hydrogen-bond donors (Lipinski definition) is 2. The van der Waals surface area contributed by atoms with Crippen LogP contribution in [0.1, 0.15) is 17.7 Å². The van der Waals surface area contributed by atoms with Crippen LogP contribution in [0.2, 0.25) is 5.02 Å². The molecule has 1 aromatic carbocycles. The van der Waals surface area contributed by atoms with Gasteiger partial charge in [0.2, 0.25) is 0 Å². The summed E-state index contributed by atoms with van der Waals surface area (Å²) in [4.78, 5) is 25.5. The van der Waals surface area contributed by atoms with Crippen molar-refractivity contribution in [2.24, 2.45) is 0 Å². The van der Waals surface area contributed by atoms with Crippen LogP contribution in [0, 0.1) is 5.82 Å². The lowest BCUT2D eigenvalue weighted by atomic mass is 9.78. The Labute approximate surface area is 159 Å². The molecule has 2 heterocycles. The fraction of sp³-hybridized carbons (Fsp3) is 0.333. The zero-order valence-corrected chi connectivity index (χ0v) is 15.5. The maximum Gasteiger partial charge on any atom is 0.313 e. The van der Waals surface area contributed by atoms with Gasteiger partial charge in [0.15, 0.2) is 0 Å². The number of anilines is 1. The highest BCUT2D eigenvalue weighted by atomic mass is 35.5. The van der Waals surface area contributed by atoms with Crippen molar-refractivity contribution in [3.8, 4) is 0 Å². The van der Waals surface area contributed by atoms with E-state index in [1.165, 1.54) is 17.0 Å². The number of ether oxygens (including phenoxy) is 1. The van der Waals surface area contributed by atoms with Crippen molar-refractivity contribution in [3.05, 3.63) is 51.4 Å². The molecule has 0 saturated carbocycles. The van der Waals surface area contributed by atoms with Crippen molar-refractivity contribution in [2.45, 2.75) is 18.3 Å². The normalized spacial score (nSPS) is 16.1. The van der Waals surface area contributed by atoms with Crippen molar-refractivity contribution in [1.29, 1.82) is 0 Å². The van der Waals surface area contributed by atoms with Crippen LogP contribution in [0.4, 0.5) is 10.1 Å². The van der Waals surface area contributed by atoms with Crippen molar-refractivity contribution < 1.29 is 18.7 Å². The molecule has 0 aliphatic carbocycles. The lowest BCUT2D eigenvalue weighted by molar-refractivity contribution is -0.136. The molecule has 0 unspecified atom stereocenters. The minimum atomic E-state index is -0.818. The van der Waals surface area contributed by atoms with Crippen molar-refractivity contribution in [1.82, 2.24) is 5.32 Å². The number of halogens is 2. The number of amides is 2. The molecule has 1 saturated heterocycles. The minimum absolute atomic E-state index is 0.123. The first kappa shape index (κ1) is 18.8. The molecule has 3 rings (SSSR count). The highest BCUT2D eigenvalue weighted by Crippen LogP contribution is 2.36. The number of thiophene rings is 1. The van der Waals surface area contributed by atoms with E-state index in [0.29, 0.717) is 19.8 Å². The Kier molecular flexibility index (Phi) is 5.90. The summed E-state index contributed by atoms with van der Waals surface area (Å²) in [5.41, 5.74) is 0.0391. The van der Waals surface area contributed by atoms with Gasteiger partial charge in [0.1, 0.15) is 5.82 Å². The quantitative estimate of drug-likeness (QED) is 0.779. The largest absolute Gasteiger partial charge is 0.381 e. The zero-order chi connectivity index (χ0) is 18.6. The average molecular weight is 397 g/mol. The average Bonchev–Trinajstić information content (AvgIpc) is 3.19. The lowest BCUT2D eigenvalue weighted by Crippen LogP contribution is -2.46. The van der Waals surface area contributed by atoms with Crippen molar-refractivity contribution >= 4 is 40.4 Å². The van der Waals surface area contributed by atoms with Gasteiger partial charge >= 0.3 is 11.8 Å². The molecule has 138 valence electrons. The molecule has 1 aromatic heterocycles. The first-order chi connectivity index (χ1) is 12.5. The number of hydrogen-bond acceptors (Lipinski definition) is 4. The first-order valence-electron chi connectivity index (χ1n) is 8.16. The lowest BCUT2D eigenvalue weighted by Gasteiger charge is -2.36. The van der Waals surface area contributed by atoms with E-state index >= 15 is 0 Å². The SMILES string of the molecule is O=C(NCC1(c2cccs2)CCOCC1)C(=O)Nc1ccc(F)c(Cl)c1. The minimum Gasteiger partial charge on any atom is -0.381 e. The van der Waals surface area contributed by atoms with Crippen LogP contribution in [0.3, 0.4) is 0 Å². The Bertz CT molecular complexity index is 792. The van der Waals surface area contributed by atoms with Gasteiger partial charge in [0.05, 0.1) is 5.02 Å². The molecule has 2 aromatic rings. The van der Waals surface area contributed by atoms with Gasteiger partial charge in [0, 0.05) is 35.7 Å². The summed E-state index contributed by atoms with van der Waals surface area (Å²) in [5.74, 6) is -2.15. The Hall–Kier alpha value is -1.96. The van der Waals surface area contributed by atoms with Gasteiger partial charge in [-0.05, 0) is 42.5 Å². The van der Waals surface area contributed by atoms with Gasteiger partial charge in [-0.1, -0.05) is 17.7 Å². The number of benzene rings is 1. The monoisotopic (exact) mass is 396 g/mol. The van der Waals surface area contributed by atoms with E-state index in [-0.39, 0.29) is 16.1 Å². The molecule has 0 atom stereocenters. The van der Waals surface area contributed by atoms with E-state index in [4.69, 9.17) is 16.3 Å². The molecule has 1 aliphatic heterocycles. The molecule has 0 radical (unpaired) electrons. The summed E-state index contributed by atoms with van der Waals surface area (Å²) >= 11 is 7.31. The van der Waals surface area contributed by atoms with Crippen molar-refractivity contribution in [3.63, 3.8) is 0 Å². The summed E-state index contributed by atoms with van der Waals surface area (Å²) < 4.78 is 18.6. The number of carbonyl (C=O) groups is 2. The second-order valence-electron chi connectivity index (χ2n) is 6.14. The van der Waals surface area contributed by atoms with Crippen LogP contribution in [0.5, 0.6) is 0 Å². The Balaban J connectivity index is 1.63. The third-order valence-corrected chi connectivity index (χ3v) is 5.87. The highest BCUT2D eigenvalue weighted by molar-refractivity contribution is 7.10. The molecule has 0 bridgehead atoms. The van der Waals surface area contributed by atoms with Gasteiger partial charge in [-0.2, -0.15) is 0 Å². The summed E-state index contributed by atoms with van der Waals surface area (Å²) in [6.07, 6.45) is 1.56. The van der Waals surface area contributed by atoms with Gasteiger partial charge in [0.25, 0.3) is 0 Å². The van der Waals surface area contributed by atoms with Gasteiger partial charge in [-0.3, -0.25) is 9.59 Å². The fourth-order valence-electron chi connectivity index (χ4n) is 2.94. The predicted molar refractivity (Wildman–Crippen MR) is 99.1 cm³/mol. The first-order valence-corrected chi connectivity index (χ1v) is 9.42. The maximum absolute atomic E-state index is 13.2. The van der Waals surface area contributed by atoms with Crippen LogP contribution in [-0.4, -0.2) is 31.6 Å². The van der Waals surface area contributed by atoms with Crippen LogP contribution < -0.4 is 10.6 Å². The molecular formula is C18H18ClFN2O3S. The van der Waals surface area contributed by atoms with Gasteiger partial charge < -0.3 is 15.4 Å². The third-order valence-electron chi connectivity index (χ3n) is 4.46. The molecule has 1 aliphatic rings. The second-order valence-corrected chi connectivity index (χ2v) is 7.49.